The molecule has 0 radical (unpaired) electrons. The van der Waals surface area contributed by atoms with E-state index in [1.807, 2.05) is 6.07 Å². The van der Waals surface area contributed by atoms with Crippen LogP contribution in [-0.2, 0) is 4.79 Å². The van der Waals surface area contributed by atoms with E-state index < -0.39 is 0 Å². The van der Waals surface area contributed by atoms with E-state index in [9.17, 15) is 9.18 Å². The van der Waals surface area contributed by atoms with Gasteiger partial charge in [0.25, 0.3) is 0 Å². The third-order valence-corrected chi connectivity index (χ3v) is 3.36. The lowest BCUT2D eigenvalue weighted by Gasteiger charge is -1.97. The lowest BCUT2D eigenvalue weighted by Crippen LogP contribution is -2.05. The van der Waals surface area contributed by atoms with E-state index in [1.165, 1.54) is 30.4 Å². The molecule has 2 aromatic rings. The van der Waals surface area contributed by atoms with Gasteiger partial charge in [-0.15, -0.1) is 11.3 Å². The van der Waals surface area contributed by atoms with Crippen molar-refractivity contribution in [1.82, 2.24) is 0 Å². The highest BCUT2D eigenvalue weighted by Gasteiger charge is 2.11. The maximum Gasteiger partial charge on any atom is 0.221 e. The maximum atomic E-state index is 12.8. The van der Waals surface area contributed by atoms with E-state index >= 15 is 0 Å². The van der Waals surface area contributed by atoms with Gasteiger partial charge >= 0.3 is 0 Å². The van der Waals surface area contributed by atoms with Gasteiger partial charge < -0.3 is 5.32 Å². The molecule has 2 rings (SSSR count). The first kappa shape index (κ1) is 12.3. The Morgan fingerprint density at radius 3 is 2.61 bits per heavy atom. The molecule has 0 saturated carbocycles. The number of carbonyl (C=O) groups excluding carboxylic acids is 1. The Morgan fingerprint density at radius 2 is 2.06 bits per heavy atom. The predicted octanol–water partition coefficient (Wildman–Crippen LogP) is 3.38. The van der Waals surface area contributed by atoms with Crippen LogP contribution in [0.25, 0.3) is 10.4 Å². The van der Waals surface area contributed by atoms with Gasteiger partial charge in [0, 0.05) is 11.8 Å². The largest absolute Gasteiger partial charge is 0.324 e. The van der Waals surface area contributed by atoms with E-state index in [2.05, 4.69) is 5.32 Å². The van der Waals surface area contributed by atoms with Gasteiger partial charge in [0.2, 0.25) is 5.91 Å². The zero-order chi connectivity index (χ0) is 13.1. The smallest absolute Gasteiger partial charge is 0.221 e. The number of amides is 1. The summed E-state index contributed by atoms with van der Waals surface area (Å²) >= 11 is 1.26. The summed E-state index contributed by atoms with van der Waals surface area (Å²) in [7, 11) is 0. The fraction of sp³-hybridized carbons (Fsp3) is 0.0769. The van der Waals surface area contributed by atoms with Crippen LogP contribution in [0.5, 0.6) is 0 Å². The Bertz CT molecular complexity index is 625. The van der Waals surface area contributed by atoms with Gasteiger partial charge in [-0.25, -0.2) is 4.39 Å². The quantitative estimate of drug-likeness (QED) is 0.899. The third-order valence-electron chi connectivity index (χ3n) is 2.27. The minimum absolute atomic E-state index is 0.227. The van der Waals surface area contributed by atoms with Crippen LogP contribution in [0.1, 0.15) is 11.8 Å². The highest BCUT2D eigenvalue weighted by Crippen LogP contribution is 2.34. The molecule has 90 valence electrons. The van der Waals surface area contributed by atoms with Crippen molar-refractivity contribution in [2.24, 2.45) is 0 Å². The molecular weight excluding hydrogens is 251 g/mol. The molecule has 0 bridgehead atoms. The number of nitrogens with zero attached hydrogens (tertiary/aromatic N) is 1. The highest BCUT2D eigenvalue weighted by molar-refractivity contribution is 7.16. The molecule has 0 saturated heterocycles. The summed E-state index contributed by atoms with van der Waals surface area (Å²) in [5.74, 6) is -0.534. The molecule has 0 aliphatic heterocycles. The van der Waals surface area contributed by atoms with E-state index in [-0.39, 0.29) is 11.7 Å². The summed E-state index contributed by atoms with van der Waals surface area (Å²) in [5, 5.41) is 11.6. The Hall–Kier alpha value is -2.19. The van der Waals surface area contributed by atoms with Crippen LogP contribution in [0.3, 0.4) is 0 Å². The number of hydrogen-bond donors (Lipinski definition) is 1. The monoisotopic (exact) mass is 260 g/mol. The molecule has 0 aliphatic rings. The van der Waals surface area contributed by atoms with E-state index in [4.69, 9.17) is 5.26 Å². The Labute approximate surface area is 107 Å². The summed E-state index contributed by atoms with van der Waals surface area (Å²) in [6, 6.07) is 9.75. The van der Waals surface area contributed by atoms with Gasteiger partial charge in [-0.1, -0.05) is 12.1 Å². The molecule has 1 aromatic carbocycles. The van der Waals surface area contributed by atoms with Crippen LogP contribution in [-0.4, -0.2) is 5.91 Å². The van der Waals surface area contributed by atoms with Gasteiger partial charge in [-0.05, 0) is 23.8 Å². The highest BCUT2D eigenvalue weighted by atomic mass is 32.1. The number of benzene rings is 1. The van der Waals surface area contributed by atoms with E-state index in [0.29, 0.717) is 10.6 Å². The van der Waals surface area contributed by atoms with Crippen molar-refractivity contribution in [1.29, 1.82) is 5.26 Å². The van der Waals surface area contributed by atoms with Crippen molar-refractivity contribution in [3.8, 4) is 16.5 Å². The van der Waals surface area contributed by atoms with Gasteiger partial charge in [0.15, 0.2) is 0 Å². The minimum Gasteiger partial charge on any atom is -0.324 e. The zero-order valence-electron chi connectivity index (χ0n) is 9.53. The molecular formula is C13H9FN2OS. The molecule has 0 unspecified atom stereocenters. The van der Waals surface area contributed by atoms with Gasteiger partial charge in [0.1, 0.15) is 16.8 Å². The van der Waals surface area contributed by atoms with Crippen LogP contribution in [0.2, 0.25) is 0 Å². The van der Waals surface area contributed by atoms with Gasteiger partial charge in [-0.2, -0.15) is 5.26 Å². The normalized spacial score (nSPS) is 9.83. The zero-order valence-corrected chi connectivity index (χ0v) is 10.3. The van der Waals surface area contributed by atoms with Crippen molar-refractivity contribution in [3.05, 3.63) is 41.0 Å². The standard InChI is InChI=1S/C13H9FN2OS/c1-8(17)16-11-6-12(18-13(11)7-15)9-2-4-10(14)5-3-9/h2-6H,1H3,(H,16,17). The van der Waals surface area contributed by atoms with Crippen molar-refractivity contribution in [2.75, 3.05) is 5.32 Å². The van der Waals surface area contributed by atoms with Crippen molar-refractivity contribution < 1.29 is 9.18 Å². The summed E-state index contributed by atoms with van der Waals surface area (Å²) < 4.78 is 12.8. The lowest BCUT2D eigenvalue weighted by molar-refractivity contribution is -0.114. The van der Waals surface area contributed by atoms with Crippen molar-refractivity contribution in [3.63, 3.8) is 0 Å². The number of carbonyl (C=O) groups is 1. The third kappa shape index (κ3) is 2.55. The number of anilines is 1. The minimum atomic E-state index is -0.308. The number of nitrogens with one attached hydrogen (secondary N) is 1. The number of nitriles is 1. The second-order valence-electron chi connectivity index (χ2n) is 3.65. The number of hydrogen-bond acceptors (Lipinski definition) is 3. The second kappa shape index (κ2) is 4.98. The topological polar surface area (TPSA) is 52.9 Å². The first-order chi connectivity index (χ1) is 8.60. The van der Waals surface area contributed by atoms with Gasteiger partial charge in [0.05, 0.1) is 5.69 Å². The number of rotatable bonds is 2. The molecule has 1 heterocycles. The lowest BCUT2D eigenvalue weighted by atomic mass is 10.2. The molecule has 0 fully saturated rings. The predicted molar refractivity (Wildman–Crippen MR) is 68.7 cm³/mol. The summed E-state index contributed by atoms with van der Waals surface area (Å²) in [5.41, 5.74) is 1.31. The van der Waals surface area contributed by atoms with Crippen LogP contribution in [0, 0.1) is 17.1 Å². The molecule has 3 nitrogen and oxygen atoms in total. The fourth-order valence-electron chi connectivity index (χ4n) is 1.51. The second-order valence-corrected chi connectivity index (χ2v) is 4.71. The molecule has 1 aromatic heterocycles. The first-order valence-corrected chi connectivity index (χ1v) is 5.99. The molecule has 0 atom stereocenters. The van der Waals surface area contributed by atoms with Crippen LogP contribution in [0.15, 0.2) is 30.3 Å². The maximum absolute atomic E-state index is 12.8. The fourth-order valence-corrected chi connectivity index (χ4v) is 2.43. The molecule has 18 heavy (non-hydrogen) atoms. The summed E-state index contributed by atoms with van der Waals surface area (Å²) in [6.07, 6.45) is 0. The van der Waals surface area contributed by atoms with Crippen LogP contribution < -0.4 is 5.32 Å². The van der Waals surface area contributed by atoms with Crippen molar-refractivity contribution >= 4 is 22.9 Å². The Balaban J connectivity index is 2.41. The molecule has 0 spiro atoms. The summed E-state index contributed by atoms with van der Waals surface area (Å²) in [4.78, 5) is 12.3. The first-order valence-electron chi connectivity index (χ1n) is 5.17. The Morgan fingerprint density at radius 1 is 1.39 bits per heavy atom. The van der Waals surface area contributed by atoms with E-state index in [0.717, 1.165) is 10.4 Å². The SMILES string of the molecule is CC(=O)Nc1cc(-c2ccc(F)cc2)sc1C#N. The number of thiophene rings is 1. The number of halogens is 1. The van der Waals surface area contributed by atoms with Crippen LogP contribution in [0.4, 0.5) is 10.1 Å². The van der Waals surface area contributed by atoms with Crippen LogP contribution >= 0.6 is 11.3 Å². The summed E-state index contributed by atoms with van der Waals surface area (Å²) in [6.45, 7) is 1.39. The molecule has 0 aliphatic carbocycles. The van der Waals surface area contributed by atoms with Gasteiger partial charge in [-0.3, -0.25) is 4.79 Å². The average molecular weight is 260 g/mol. The van der Waals surface area contributed by atoms with Crippen molar-refractivity contribution in [2.45, 2.75) is 6.92 Å². The molecule has 1 amide bonds. The van der Waals surface area contributed by atoms with E-state index in [1.54, 1.807) is 18.2 Å². The Kier molecular flexibility index (Phi) is 3.40. The molecule has 1 N–H and O–H groups in total. The molecule has 5 heteroatoms. The average Bonchev–Trinajstić information content (AvgIpc) is 2.72.